The minimum atomic E-state index is -4.81. The predicted molar refractivity (Wildman–Crippen MR) is 117 cm³/mol. The van der Waals surface area contributed by atoms with Crippen molar-refractivity contribution < 1.29 is 28.2 Å². The van der Waals surface area contributed by atoms with Gasteiger partial charge >= 0.3 is 6.18 Å². The van der Waals surface area contributed by atoms with Crippen molar-refractivity contribution in [3.63, 3.8) is 0 Å². The Labute approximate surface area is 191 Å². The minimum Gasteiger partial charge on any atom is -0.395 e. The van der Waals surface area contributed by atoms with E-state index < -0.39 is 17.2 Å². The highest BCUT2D eigenvalue weighted by Crippen LogP contribution is 2.43. The summed E-state index contributed by atoms with van der Waals surface area (Å²) in [5, 5.41) is 20.0. The Balaban J connectivity index is 1.50. The Morgan fingerprint density at radius 1 is 1.06 bits per heavy atom. The maximum atomic E-state index is 13.4. The van der Waals surface area contributed by atoms with Crippen LogP contribution in [0, 0.1) is 0 Å². The first kappa shape index (κ1) is 23.7. The van der Waals surface area contributed by atoms with Gasteiger partial charge in [0, 0.05) is 35.0 Å². The zero-order valence-corrected chi connectivity index (χ0v) is 18.6. The Morgan fingerprint density at radius 2 is 1.67 bits per heavy atom. The molecule has 2 aromatic rings. The van der Waals surface area contributed by atoms with Crippen LogP contribution in [0.25, 0.3) is 0 Å². The lowest BCUT2D eigenvalue weighted by Gasteiger charge is -2.42. The summed E-state index contributed by atoms with van der Waals surface area (Å²) in [4.78, 5) is 19.7. The molecule has 0 spiro atoms. The number of benzene rings is 1. The molecule has 8 heteroatoms. The van der Waals surface area contributed by atoms with Crippen molar-refractivity contribution in [2.24, 2.45) is 0 Å². The number of hydrogen-bond acceptors (Lipinski definition) is 4. The molecule has 2 aliphatic carbocycles. The number of nitrogens with zero attached hydrogens (tertiary/aromatic N) is 2. The van der Waals surface area contributed by atoms with Gasteiger partial charge in [-0.1, -0.05) is 18.2 Å². The average molecular weight is 463 g/mol. The van der Waals surface area contributed by atoms with Crippen LogP contribution in [0.4, 0.5) is 13.2 Å². The van der Waals surface area contributed by atoms with E-state index in [1.165, 1.54) is 24.3 Å². The first-order chi connectivity index (χ1) is 15.6. The average Bonchev–Trinajstić information content (AvgIpc) is 3.65. The number of halogens is 3. The molecule has 33 heavy (non-hydrogen) atoms. The molecule has 2 N–H and O–H groups in total. The molecule has 1 heterocycles. The fraction of sp³-hybridized carbons (Fsp3) is 0.520. The number of aliphatic hydroxyl groups is 2. The normalized spacial score (nSPS) is 25.3. The van der Waals surface area contributed by atoms with Gasteiger partial charge in [0.25, 0.3) is 5.91 Å². The maximum Gasteiger partial charge on any atom is 0.421 e. The molecule has 178 valence electrons. The highest BCUT2D eigenvalue weighted by molar-refractivity contribution is 5.95. The topological polar surface area (TPSA) is 73.7 Å². The van der Waals surface area contributed by atoms with Gasteiger partial charge < -0.3 is 15.1 Å². The van der Waals surface area contributed by atoms with Crippen LogP contribution in [0.2, 0.25) is 0 Å². The lowest BCUT2D eigenvalue weighted by Crippen LogP contribution is -2.47. The molecule has 1 amide bonds. The highest BCUT2D eigenvalue weighted by atomic mass is 19.4. The molecule has 0 bridgehead atoms. The van der Waals surface area contributed by atoms with E-state index in [9.17, 15) is 28.2 Å². The fourth-order valence-electron chi connectivity index (χ4n) is 4.84. The number of aromatic nitrogens is 1. The van der Waals surface area contributed by atoms with Gasteiger partial charge in [0.1, 0.15) is 0 Å². The van der Waals surface area contributed by atoms with E-state index in [4.69, 9.17) is 0 Å². The molecule has 2 saturated carbocycles. The van der Waals surface area contributed by atoms with Crippen molar-refractivity contribution in [3.8, 4) is 0 Å². The smallest absolute Gasteiger partial charge is 0.395 e. The standard InChI is InChI=1S/C25H29F3N2O3/c1-23(33,25(26,27)28)18-7-5-17(6-8-18)22(32)30(19-9-10-19)20-11-13-24(16-31,14-12-20)21-4-2-3-15-29-21/h2-8,15,19-20,31,33H,9-14,16H2,1H3/t20-,23-,24-/m0/s1. The molecule has 2 fully saturated rings. The van der Waals surface area contributed by atoms with Crippen LogP contribution in [0.5, 0.6) is 0 Å². The van der Waals surface area contributed by atoms with Gasteiger partial charge in [0.2, 0.25) is 0 Å². The van der Waals surface area contributed by atoms with E-state index in [-0.39, 0.29) is 30.2 Å². The van der Waals surface area contributed by atoms with E-state index in [2.05, 4.69) is 4.98 Å². The molecular weight excluding hydrogens is 433 g/mol. The van der Waals surface area contributed by atoms with Crippen molar-refractivity contribution in [1.82, 2.24) is 9.88 Å². The second-order valence-electron chi connectivity index (χ2n) is 9.48. The molecule has 0 saturated heterocycles. The van der Waals surface area contributed by atoms with Gasteiger partial charge in [-0.05, 0) is 75.3 Å². The third kappa shape index (κ3) is 4.51. The van der Waals surface area contributed by atoms with Crippen molar-refractivity contribution in [2.45, 2.75) is 74.7 Å². The summed E-state index contributed by atoms with van der Waals surface area (Å²) in [6, 6.07) is 10.9. The molecular formula is C25H29F3N2O3. The fourth-order valence-corrected chi connectivity index (χ4v) is 4.84. The third-order valence-electron chi connectivity index (χ3n) is 7.24. The summed E-state index contributed by atoms with van der Waals surface area (Å²) in [5.41, 5.74) is -2.52. The second-order valence-corrected chi connectivity index (χ2v) is 9.48. The van der Waals surface area contributed by atoms with Crippen LogP contribution < -0.4 is 0 Å². The van der Waals surface area contributed by atoms with Crippen LogP contribution in [0.15, 0.2) is 48.7 Å². The lowest BCUT2D eigenvalue weighted by atomic mass is 9.70. The molecule has 0 unspecified atom stereocenters. The third-order valence-corrected chi connectivity index (χ3v) is 7.24. The first-order valence-electron chi connectivity index (χ1n) is 11.3. The summed E-state index contributed by atoms with van der Waals surface area (Å²) in [6.07, 6.45) is 1.58. The second kappa shape index (κ2) is 8.72. The molecule has 0 radical (unpaired) electrons. The van der Waals surface area contributed by atoms with Gasteiger partial charge in [-0.2, -0.15) is 13.2 Å². The van der Waals surface area contributed by atoms with Crippen LogP contribution in [0.3, 0.4) is 0 Å². The SMILES string of the molecule is C[C@](O)(c1ccc(C(=O)N(C2CC2)[C@H]2CC[C@](CO)(c3ccccn3)CC2)cc1)C(F)(F)F. The maximum absolute atomic E-state index is 13.4. The van der Waals surface area contributed by atoms with Crippen LogP contribution in [-0.4, -0.2) is 50.9 Å². The quantitative estimate of drug-likeness (QED) is 0.670. The Hall–Kier alpha value is -2.45. The number of carbonyl (C=O) groups excluding carboxylic acids is 1. The summed E-state index contributed by atoms with van der Waals surface area (Å²) in [5.74, 6) is -0.199. The number of carbonyl (C=O) groups is 1. The molecule has 5 nitrogen and oxygen atoms in total. The Morgan fingerprint density at radius 3 is 2.15 bits per heavy atom. The Kier molecular flexibility index (Phi) is 6.26. The van der Waals surface area contributed by atoms with E-state index >= 15 is 0 Å². The summed E-state index contributed by atoms with van der Waals surface area (Å²) < 4.78 is 39.4. The summed E-state index contributed by atoms with van der Waals surface area (Å²) >= 11 is 0. The highest BCUT2D eigenvalue weighted by Gasteiger charge is 2.51. The van der Waals surface area contributed by atoms with Crippen molar-refractivity contribution >= 4 is 5.91 Å². The van der Waals surface area contributed by atoms with Crippen LogP contribution in [0.1, 0.15) is 67.1 Å². The molecule has 1 aromatic heterocycles. The minimum absolute atomic E-state index is 0.00525. The van der Waals surface area contributed by atoms with E-state index in [0.29, 0.717) is 25.3 Å². The molecule has 4 rings (SSSR count). The molecule has 1 atom stereocenters. The number of amides is 1. The number of pyridine rings is 1. The molecule has 1 aromatic carbocycles. The predicted octanol–water partition coefficient (Wildman–Crippen LogP) is 4.33. The van der Waals surface area contributed by atoms with Crippen molar-refractivity contribution in [1.29, 1.82) is 0 Å². The number of aliphatic hydroxyl groups excluding tert-OH is 1. The summed E-state index contributed by atoms with van der Waals surface area (Å²) in [7, 11) is 0. The number of rotatable bonds is 6. The monoisotopic (exact) mass is 462 g/mol. The largest absolute Gasteiger partial charge is 0.421 e. The number of alkyl halides is 3. The van der Waals surface area contributed by atoms with E-state index in [0.717, 1.165) is 31.4 Å². The lowest BCUT2D eigenvalue weighted by molar-refractivity contribution is -0.258. The van der Waals surface area contributed by atoms with Gasteiger partial charge in [-0.3, -0.25) is 9.78 Å². The van der Waals surface area contributed by atoms with Crippen molar-refractivity contribution in [2.75, 3.05) is 6.61 Å². The van der Waals surface area contributed by atoms with Gasteiger partial charge in [0.15, 0.2) is 5.60 Å². The molecule has 2 aliphatic rings. The molecule has 0 aliphatic heterocycles. The van der Waals surface area contributed by atoms with Crippen molar-refractivity contribution in [3.05, 3.63) is 65.5 Å². The van der Waals surface area contributed by atoms with E-state index in [1.54, 1.807) is 6.20 Å². The van der Waals surface area contributed by atoms with Crippen LogP contribution >= 0.6 is 0 Å². The van der Waals surface area contributed by atoms with E-state index in [1.807, 2.05) is 23.1 Å². The van der Waals surface area contributed by atoms with Gasteiger partial charge in [-0.25, -0.2) is 0 Å². The summed E-state index contributed by atoms with van der Waals surface area (Å²) in [6.45, 7) is 0.700. The van der Waals surface area contributed by atoms with Crippen LogP contribution in [-0.2, 0) is 11.0 Å². The van der Waals surface area contributed by atoms with Gasteiger partial charge in [-0.15, -0.1) is 0 Å². The first-order valence-corrected chi connectivity index (χ1v) is 11.3. The zero-order chi connectivity index (χ0) is 23.9. The zero-order valence-electron chi connectivity index (χ0n) is 18.6. The van der Waals surface area contributed by atoms with Gasteiger partial charge in [0.05, 0.1) is 6.61 Å². The Bertz CT molecular complexity index is 965. The number of hydrogen-bond donors (Lipinski definition) is 2.